The Labute approximate surface area is 235 Å². The summed E-state index contributed by atoms with van der Waals surface area (Å²) in [6.45, 7) is 5.81. The molecule has 214 valence electrons. The van der Waals surface area contributed by atoms with Crippen LogP contribution in [0.4, 0.5) is 29.8 Å². The fraction of sp³-hybridized carbons (Fsp3) is 0.320. The molecule has 0 spiro atoms. The summed E-state index contributed by atoms with van der Waals surface area (Å²) in [4.78, 5) is 39.6. The van der Waals surface area contributed by atoms with E-state index in [1.807, 2.05) is 4.90 Å². The topological polar surface area (TPSA) is 142 Å². The normalized spacial score (nSPS) is 13.8. The van der Waals surface area contributed by atoms with Crippen LogP contribution in [0.1, 0.15) is 19.5 Å². The number of aromatic nitrogens is 5. The average molecular weight is 588 g/mol. The molecule has 0 atom stereocenters. The van der Waals surface area contributed by atoms with Gasteiger partial charge >= 0.3 is 18.2 Å². The summed E-state index contributed by atoms with van der Waals surface area (Å²) >= 11 is 0.819. The van der Waals surface area contributed by atoms with Crippen molar-refractivity contribution < 1.29 is 27.2 Å². The molecule has 0 saturated carbocycles. The fourth-order valence-corrected chi connectivity index (χ4v) is 5.01. The quantitative estimate of drug-likeness (QED) is 0.340. The van der Waals surface area contributed by atoms with Crippen molar-refractivity contribution in [1.82, 2.24) is 35.4 Å². The van der Waals surface area contributed by atoms with Gasteiger partial charge in [-0.15, -0.1) is 16.4 Å². The van der Waals surface area contributed by atoms with E-state index >= 15 is 0 Å². The van der Waals surface area contributed by atoms with Gasteiger partial charge in [-0.1, -0.05) is 5.10 Å². The Morgan fingerprint density at radius 1 is 1.05 bits per heavy atom. The van der Waals surface area contributed by atoms with Gasteiger partial charge in [0.15, 0.2) is 5.69 Å². The van der Waals surface area contributed by atoms with Crippen LogP contribution >= 0.6 is 11.3 Å². The number of thiazole rings is 1. The Morgan fingerprint density at radius 3 is 2.49 bits per heavy atom. The van der Waals surface area contributed by atoms with E-state index in [1.54, 1.807) is 17.9 Å². The number of piperazine rings is 1. The van der Waals surface area contributed by atoms with Gasteiger partial charge in [-0.05, 0) is 19.1 Å². The molecule has 1 saturated heterocycles. The summed E-state index contributed by atoms with van der Waals surface area (Å²) in [5.74, 6) is 0.336. The Balaban J connectivity index is 1.46. The lowest BCUT2D eigenvalue weighted by Gasteiger charge is -2.32. The van der Waals surface area contributed by atoms with Gasteiger partial charge in [0.2, 0.25) is 5.91 Å². The highest BCUT2D eigenvalue weighted by Gasteiger charge is 2.34. The molecule has 41 heavy (non-hydrogen) atoms. The number of alkyl halides is 3. The molecule has 1 aliphatic heterocycles. The highest BCUT2D eigenvalue weighted by molar-refractivity contribution is 7.13. The maximum absolute atomic E-state index is 13.3. The molecule has 4 aromatic rings. The second-order valence-corrected chi connectivity index (χ2v) is 9.84. The molecule has 3 amide bonds. The third-order valence-electron chi connectivity index (χ3n) is 6.21. The predicted molar refractivity (Wildman–Crippen MR) is 144 cm³/mol. The highest BCUT2D eigenvalue weighted by Crippen LogP contribution is 2.39. The van der Waals surface area contributed by atoms with Crippen LogP contribution in [0, 0.1) is 0 Å². The molecule has 1 aliphatic rings. The fourth-order valence-electron chi connectivity index (χ4n) is 4.16. The number of halogens is 3. The Kier molecular flexibility index (Phi) is 7.83. The van der Waals surface area contributed by atoms with Crippen LogP contribution in [0.15, 0.2) is 40.5 Å². The van der Waals surface area contributed by atoms with Gasteiger partial charge < -0.3 is 19.5 Å². The molecule has 1 fully saturated rings. The van der Waals surface area contributed by atoms with Gasteiger partial charge in [-0.25, -0.2) is 14.8 Å². The number of amides is 3. The lowest BCUT2D eigenvalue weighted by molar-refractivity contribution is -0.140. The zero-order valence-electron chi connectivity index (χ0n) is 21.9. The molecule has 0 aliphatic carbocycles. The summed E-state index contributed by atoms with van der Waals surface area (Å²) < 4.78 is 45.9. The Morgan fingerprint density at radius 2 is 1.80 bits per heavy atom. The second kappa shape index (κ2) is 11.5. The summed E-state index contributed by atoms with van der Waals surface area (Å²) in [5, 5.41) is 14.4. The van der Waals surface area contributed by atoms with Crippen molar-refractivity contribution >= 4 is 35.1 Å². The minimum absolute atomic E-state index is 0.00744. The number of rotatable bonds is 6. The molecule has 0 aromatic carbocycles. The standard InChI is InChI=1S/C25H24F3N9O3S/c1-3-30-23(39)33-20-9-17(22-32-19(13-41-22)25(26,27)28)18(12-31-20)15-8-16(11-29-10-15)21-34-35-24(40-21)37-6-4-36(5-7-37)14(2)38/h8-13H,3-7H2,1-2H3,(H2,30,31,33,39). The third kappa shape index (κ3) is 6.26. The molecule has 0 unspecified atom stereocenters. The molecule has 4 aromatic heterocycles. The minimum Gasteiger partial charge on any atom is -0.403 e. The van der Waals surface area contributed by atoms with Crippen molar-refractivity contribution in [3.05, 3.63) is 41.8 Å². The second-order valence-electron chi connectivity index (χ2n) is 8.98. The molecule has 16 heteroatoms. The first-order chi connectivity index (χ1) is 19.6. The third-order valence-corrected chi connectivity index (χ3v) is 7.09. The van der Waals surface area contributed by atoms with Gasteiger partial charge in [0.1, 0.15) is 10.8 Å². The van der Waals surface area contributed by atoms with E-state index in [2.05, 4.69) is 35.8 Å². The molecule has 5 rings (SSSR count). The van der Waals surface area contributed by atoms with Crippen LogP contribution in [-0.2, 0) is 11.0 Å². The van der Waals surface area contributed by atoms with E-state index in [4.69, 9.17) is 4.42 Å². The molecular formula is C25H24F3N9O3S. The van der Waals surface area contributed by atoms with Crippen LogP contribution in [-0.4, -0.2) is 74.7 Å². The number of hydrogen-bond donors (Lipinski definition) is 2. The highest BCUT2D eigenvalue weighted by atomic mass is 32.1. The number of pyridine rings is 2. The summed E-state index contributed by atoms with van der Waals surface area (Å²) in [5.41, 5.74) is 0.722. The maximum atomic E-state index is 13.3. The van der Waals surface area contributed by atoms with E-state index in [1.165, 1.54) is 31.6 Å². The number of carbonyl (C=O) groups excluding carboxylic acids is 2. The first kappa shape index (κ1) is 27.9. The number of nitrogens with zero attached hydrogens (tertiary/aromatic N) is 7. The van der Waals surface area contributed by atoms with Gasteiger partial charge in [-0.2, -0.15) is 13.2 Å². The largest absolute Gasteiger partial charge is 0.434 e. The Bertz CT molecular complexity index is 1560. The van der Waals surface area contributed by atoms with E-state index in [0.29, 0.717) is 61.0 Å². The number of hydrogen-bond acceptors (Lipinski definition) is 10. The maximum Gasteiger partial charge on any atom is 0.434 e. The van der Waals surface area contributed by atoms with E-state index in [0.717, 1.165) is 16.7 Å². The molecule has 0 bridgehead atoms. The zero-order chi connectivity index (χ0) is 29.1. The van der Waals surface area contributed by atoms with Crippen molar-refractivity contribution in [1.29, 1.82) is 0 Å². The van der Waals surface area contributed by atoms with Crippen LogP contribution in [0.3, 0.4) is 0 Å². The van der Waals surface area contributed by atoms with Crippen LogP contribution < -0.4 is 15.5 Å². The summed E-state index contributed by atoms with van der Waals surface area (Å²) in [6, 6.07) is 2.96. The monoisotopic (exact) mass is 587 g/mol. The van der Waals surface area contributed by atoms with Gasteiger partial charge in [-0.3, -0.25) is 15.1 Å². The lowest BCUT2D eigenvalue weighted by Crippen LogP contribution is -2.48. The Hall–Kier alpha value is -4.60. The number of urea groups is 1. The first-order valence-corrected chi connectivity index (χ1v) is 13.4. The van der Waals surface area contributed by atoms with Crippen molar-refractivity contribution in [3.8, 4) is 33.2 Å². The van der Waals surface area contributed by atoms with Crippen molar-refractivity contribution in [3.63, 3.8) is 0 Å². The zero-order valence-corrected chi connectivity index (χ0v) is 22.7. The van der Waals surface area contributed by atoms with Gasteiger partial charge in [0, 0.05) is 80.3 Å². The van der Waals surface area contributed by atoms with Crippen LogP contribution in [0.25, 0.3) is 33.2 Å². The van der Waals surface area contributed by atoms with Crippen molar-refractivity contribution in [2.24, 2.45) is 0 Å². The number of anilines is 2. The molecular weight excluding hydrogens is 563 g/mol. The van der Waals surface area contributed by atoms with E-state index < -0.39 is 17.9 Å². The van der Waals surface area contributed by atoms with Gasteiger partial charge in [0.05, 0.1) is 5.56 Å². The molecule has 12 nitrogen and oxygen atoms in total. The molecule has 2 N–H and O–H groups in total. The van der Waals surface area contributed by atoms with E-state index in [-0.39, 0.29) is 22.6 Å². The van der Waals surface area contributed by atoms with Crippen molar-refractivity contribution in [2.45, 2.75) is 20.0 Å². The smallest absolute Gasteiger partial charge is 0.403 e. The van der Waals surface area contributed by atoms with Gasteiger partial charge in [0.25, 0.3) is 5.89 Å². The number of nitrogens with one attached hydrogen (secondary N) is 2. The molecule has 0 radical (unpaired) electrons. The van der Waals surface area contributed by atoms with Crippen LogP contribution in [0.5, 0.6) is 0 Å². The summed E-state index contributed by atoms with van der Waals surface area (Å²) in [7, 11) is 0. The van der Waals surface area contributed by atoms with Crippen molar-refractivity contribution in [2.75, 3.05) is 42.9 Å². The average Bonchev–Trinajstić information content (AvgIpc) is 3.64. The summed E-state index contributed by atoms with van der Waals surface area (Å²) in [6.07, 6.45) is -0.130. The first-order valence-electron chi connectivity index (χ1n) is 12.5. The minimum atomic E-state index is -4.61. The SMILES string of the molecule is CCNC(=O)Nc1cc(-c2nc(C(F)(F)F)cs2)c(-c2cncc(-c3nnc(N4CCN(C(C)=O)CC4)o3)c2)cn1. The predicted octanol–water partition coefficient (Wildman–Crippen LogP) is 4.15. The number of carbonyl (C=O) groups is 2. The lowest BCUT2D eigenvalue weighted by atomic mass is 10.0. The molecule has 5 heterocycles. The van der Waals surface area contributed by atoms with Crippen LogP contribution in [0.2, 0.25) is 0 Å². The van der Waals surface area contributed by atoms with E-state index in [9.17, 15) is 22.8 Å².